The van der Waals surface area contributed by atoms with Crippen LogP contribution < -0.4 is 14.8 Å². The lowest BCUT2D eigenvalue weighted by atomic mass is 10.3. The Hall–Kier alpha value is -1.82. The van der Waals surface area contributed by atoms with Gasteiger partial charge in [-0.05, 0) is 12.8 Å². The molecule has 1 aliphatic carbocycles. The Morgan fingerprint density at radius 3 is 2.84 bits per heavy atom. The first-order valence-corrected chi connectivity index (χ1v) is 6.21. The van der Waals surface area contributed by atoms with Crippen LogP contribution in [0.1, 0.15) is 12.8 Å². The van der Waals surface area contributed by atoms with Crippen LogP contribution in [0, 0.1) is 5.92 Å². The largest absolute Gasteiger partial charge is 0.487 e. The number of carbonyl (C=O) groups is 1. The lowest BCUT2D eigenvalue weighted by Gasteiger charge is -2.12. The number of amides is 1. The molecule has 0 spiro atoms. The summed E-state index contributed by atoms with van der Waals surface area (Å²) in [6.07, 6.45) is 3.44. The van der Waals surface area contributed by atoms with Crippen LogP contribution in [0.25, 0.3) is 0 Å². The molecule has 0 saturated heterocycles. The Labute approximate surface area is 112 Å². The summed E-state index contributed by atoms with van der Waals surface area (Å²) in [4.78, 5) is 15.9. The second-order valence-corrected chi connectivity index (χ2v) is 4.33. The molecule has 0 unspecified atom stereocenters. The smallest absolute Gasteiger partial charge is 0.227 e. The van der Waals surface area contributed by atoms with Gasteiger partial charge in [0.05, 0.1) is 25.6 Å². The molecule has 104 valence electrons. The molecule has 0 radical (unpaired) electrons. The molecule has 1 saturated carbocycles. The van der Waals surface area contributed by atoms with Crippen molar-refractivity contribution in [1.82, 2.24) is 4.98 Å². The first kappa shape index (κ1) is 13.6. The predicted octanol–water partition coefficient (Wildman–Crippen LogP) is 1.46. The number of aromatic nitrogens is 1. The van der Waals surface area contributed by atoms with Gasteiger partial charge in [-0.2, -0.15) is 0 Å². The third-order valence-corrected chi connectivity index (χ3v) is 2.80. The van der Waals surface area contributed by atoms with E-state index in [2.05, 4.69) is 10.3 Å². The van der Waals surface area contributed by atoms with Crippen LogP contribution in [0.4, 0.5) is 5.69 Å². The van der Waals surface area contributed by atoms with Gasteiger partial charge in [-0.25, -0.2) is 4.98 Å². The van der Waals surface area contributed by atoms with Crippen molar-refractivity contribution in [2.45, 2.75) is 12.8 Å². The highest BCUT2D eigenvalue weighted by atomic mass is 16.5. The molecule has 1 heterocycles. The maximum absolute atomic E-state index is 11.8. The quantitative estimate of drug-likeness (QED) is 0.757. The van der Waals surface area contributed by atoms with Crippen molar-refractivity contribution in [3.8, 4) is 11.6 Å². The van der Waals surface area contributed by atoms with E-state index in [1.54, 1.807) is 13.2 Å². The molecular formula is C13H18N2O4. The van der Waals surface area contributed by atoms with Crippen LogP contribution in [0.2, 0.25) is 0 Å². The number of anilines is 1. The van der Waals surface area contributed by atoms with Crippen LogP contribution in [0.15, 0.2) is 12.3 Å². The molecule has 1 aromatic rings. The third kappa shape index (κ3) is 3.82. The molecule has 6 nitrogen and oxygen atoms in total. The molecule has 1 aromatic heterocycles. The van der Waals surface area contributed by atoms with E-state index in [1.807, 2.05) is 0 Å². The Balaban J connectivity index is 2.08. The summed E-state index contributed by atoms with van der Waals surface area (Å²) >= 11 is 0. The Bertz CT molecular complexity index is 446. The van der Waals surface area contributed by atoms with Crippen molar-refractivity contribution >= 4 is 11.6 Å². The molecule has 2 rings (SSSR count). The number of nitrogens with zero attached hydrogens (tertiary/aromatic N) is 1. The first-order valence-electron chi connectivity index (χ1n) is 6.21. The fourth-order valence-electron chi connectivity index (χ4n) is 1.56. The van der Waals surface area contributed by atoms with Gasteiger partial charge in [0.15, 0.2) is 5.75 Å². The van der Waals surface area contributed by atoms with E-state index in [1.165, 1.54) is 13.3 Å². The second kappa shape index (κ2) is 6.38. The summed E-state index contributed by atoms with van der Waals surface area (Å²) < 4.78 is 15.5. The molecule has 0 aliphatic heterocycles. The summed E-state index contributed by atoms with van der Waals surface area (Å²) in [5.74, 6) is 1.10. The Morgan fingerprint density at radius 2 is 2.21 bits per heavy atom. The molecular weight excluding hydrogens is 248 g/mol. The Kier molecular flexibility index (Phi) is 4.57. The van der Waals surface area contributed by atoms with Gasteiger partial charge in [-0.15, -0.1) is 0 Å². The van der Waals surface area contributed by atoms with Gasteiger partial charge in [0.25, 0.3) is 0 Å². The number of ether oxygens (including phenoxy) is 3. The van der Waals surface area contributed by atoms with E-state index < -0.39 is 0 Å². The van der Waals surface area contributed by atoms with Crippen molar-refractivity contribution < 1.29 is 19.0 Å². The summed E-state index contributed by atoms with van der Waals surface area (Å²) in [7, 11) is 3.13. The molecule has 0 bridgehead atoms. The second-order valence-electron chi connectivity index (χ2n) is 4.33. The van der Waals surface area contributed by atoms with E-state index in [0.717, 1.165) is 12.8 Å². The molecule has 1 N–H and O–H groups in total. The number of hydrogen-bond donors (Lipinski definition) is 1. The first-order chi connectivity index (χ1) is 9.24. The Morgan fingerprint density at radius 1 is 1.42 bits per heavy atom. The number of nitrogens with one attached hydrogen (secondary N) is 1. The van der Waals surface area contributed by atoms with E-state index >= 15 is 0 Å². The lowest BCUT2D eigenvalue weighted by molar-refractivity contribution is -0.117. The highest BCUT2D eigenvalue weighted by Gasteiger charge is 2.30. The molecule has 6 heteroatoms. The number of rotatable bonds is 7. The average Bonchev–Trinajstić information content (AvgIpc) is 3.25. The molecule has 0 aromatic carbocycles. The van der Waals surface area contributed by atoms with Crippen molar-refractivity contribution in [3.05, 3.63) is 12.3 Å². The zero-order valence-electron chi connectivity index (χ0n) is 11.1. The van der Waals surface area contributed by atoms with Gasteiger partial charge >= 0.3 is 0 Å². The van der Waals surface area contributed by atoms with Crippen molar-refractivity contribution in [2.24, 2.45) is 5.92 Å². The highest BCUT2D eigenvalue weighted by molar-refractivity contribution is 5.95. The normalized spacial score (nSPS) is 14.0. The fourth-order valence-corrected chi connectivity index (χ4v) is 1.56. The van der Waals surface area contributed by atoms with Crippen molar-refractivity contribution in [3.63, 3.8) is 0 Å². The zero-order chi connectivity index (χ0) is 13.7. The summed E-state index contributed by atoms with van der Waals surface area (Å²) in [5.41, 5.74) is 0.583. The third-order valence-electron chi connectivity index (χ3n) is 2.80. The molecule has 19 heavy (non-hydrogen) atoms. The fraction of sp³-hybridized carbons (Fsp3) is 0.538. The molecule has 0 atom stereocenters. The number of carbonyl (C=O) groups excluding carboxylic acids is 1. The van der Waals surface area contributed by atoms with E-state index in [4.69, 9.17) is 14.2 Å². The topological polar surface area (TPSA) is 69.7 Å². The van der Waals surface area contributed by atoms with E-state index in [-0.39, 0.29) is 11.8 Å². The van der Waals surface area contributed by atoms with Crippen LogP contribution in [0.5, 0.6) is 11.6 Å². The number of methoxy groups -OCH3 is 2. The summed E-state index contributed by atoms with van der Waals surface area (Å²) in [6, 6.07) is 1.66. The zero-order valence-corrected chi connectivity index (χ0v) is 11.1. The average molecular weight is 266 g/mol. The monoisotopic (exact) mass is 266 g/mol. The lowest BCUT2D eigenvalue weighted by Crippen LogP contribution is -2.15. The molecule has 1 fully saturated rings. The maximum atomic E-state index is 11.8. The maximum Gasteiger partial charge on any atom is 0.227 e. The van der Waals surface area contributed by atoms with Crippen LogP contribution in [-0.2, 0) is 9.53 Å². The minimum Gasteiger partial charge on any atom is -0.487 e. The van der Waals surface area contributed by atoms with Gasteiger partial charge in [0, 0.05) is 19.1 Å². The van der Waals surface area contributed by atoms with Crippen molar-refractivity contribution in [1.29, 1.82) is 0 Å². The summed E-state index contributed by atoms with van der Waals surface area (Å²) in [6.45, 7) is 0.874. The number of pyridine rings is 1. The van der Waals surface area contributed by atoms with Gasteiger partial charge in [-0.1, -0.05) is 0 Å². The van der Waals surface area contributed by atoms with Gasteiger partial charge in [0.1, 0.15) is 6.61 Å². The standard InChI is InChI=1S/C13H18N2O4/c1-17-5-6-19-11-8-14-12(18-2)7-10(11)15-13(16)9-3-4-9/h7-9H,3-6H2,1-2H3,(H,14,15,16). The molecule has 1 amide bonds. The van der Waals surface area contributed by atoms with Crippen LogP contribution >= 0.6 is 0 Å². The highest BCUT2D eigenvalue weighted by Crippen LogP contribution is 2.33. The van der Waals surface area contributed by atoms with Gasteiger partial charge in [-0.3, -0.25) is 4.79 Å². The van der Waals surface area contributed by atoms with Crippen molar-refractivity contribution in [2.75, 3.05) is 32.8 Å². The van der Waals surface area contributed by atoms with Crippen LogP contribution in [-0.4, -0.2) is 38.3 Å². The summed E-state index contributed by atoms with van der Waals surface area (Å²) in [5, 5.41) is 2.85. The number of hydrogen-bond acceptors (Lipinski definition) is 5. The van der Waals surface area contributed by atoms with Crippen LogP contribution in [0.3, 0.4) is 0 Å². The van der Waals surface area contributed by atoms with Gasteiger partial charge in [0.2, 0.25) is 11.8 Å². The predicted molar refractivity (Wildman–Crippen MR) is 69.5 cm³/mol. The van der Waals surface area contributed by atoms with Gasteiger partial charge < -0.3 is 19.5 Å². The minimum atomic E-state index is 0.0184. The minimum absolute atomic E-state index is 0.0184. The molecule has 1 aliphatic rings. The van der Waals surface area contributed by atoms with E-state index in [0.29, 0.717) is 30.5 Å². The van der Waals surface area contributed by atoms with E-state index in [9.17, 15) is 4.79 Å². The SMILES string of the molecule is COCCOc1cnc(OC)cc1NC(=O)C1CC1.